The molecule has 0 bridgehead atoms. The van der Waals surface area contributed by atoms with Gasteiger partial charge in [-0.2, -0.15) is 0 Å². The summed E-state index contributed by atoms with van der Waals surface area (Å²) in [6.07, 6.45) is 6.31. The lowest BCUT2D eigenvalue weighted by Gasteiger charge is -2.18. The van der Waals surface area contributed by atoms with Crippen molar-refractivity contribution in [3.05, 3.63) is 46.7 Å². The standard InChI is InChI=1S/C13H17N3S/c1-10(8-12-4-3-7-17-12)16-11(2)13-9-14-5-6-15-13/h3-7,9-11,16H,8H2,1-2H3. The molecule has 0 fully saturated rings. The summed E-state index contributed by atoms with van der Waals surface area (Å²) in [6, 6.07) is 4.94. The fourth-order valence-electron chi connectivity index (χ4n) is 1.84. The van der Waals surface area contributed by atoms with Gasteiger partial charge in [0, 0.05) is 35.6 Å². The first-order chi connectivity index (χ1) is 8.25. The van der Waals surface area contributed by atoms with Crippen LogP contribution in [0.15, 0.2) is 36.1 Å². The molecule has 2 aromatic rings. The number of nitrogens with zero attached hydrogens (tertiary/aromatic N) is 2. The molecule has 2 aromatic heterocycles. The first-order valence-electron chi connectivity index (χ1n) is 5.80. The van der Waals surface area contributed by atoms with Crippen molar-refractivity contribution in [2.24, 2.45) is 0 Å². The number of thiophene rings is 1. The van der Waals surface area contributed by atoms with Crippen LogP contribution in [0.1, 0.15) is 30.5 Å². The Morgan fingerprint density at radius 2 is 2.24 bits per heavy atom. The maximum atomic E-state index is 4.31. The molecule has 0 spiro atoms. The van der Waals surface area contributed by atoms with Gasteiger partial charge in [-0.25, -0.2) is 0 Å². The van der Waals surface area contributed by atoms with Gasteiger partial charge in [-0.15, -0.1) is 11.3 Å². The number of hydrogen-bond acceptors (Lipinski definition) is 4. The van der Waals surface area contributed by atoms with Crippen molar-refractivity contribution in [1.82, 2.24) is 15.3 Å². The number of nitrogens with one attached hydrogen (secondary N) is 1. The minimum absolute atomic E-state index is 0.235. The lowest BCUT2D eigenvalue weighted by atomic mass is 10.1. The van der Waals surface area contributed by atoms with Crippen LogP contribution in [0.2, 0.25) is 0 Å². The number of aromatic nitrogens is 2. The molecule has 2 atom stereocenters. The zero-order valence-corrected chi connectivity index (χ0v) is 10.9. The molecule has 2 rings (SSSR count). The Morgan fingerprint density at radius 3 is 2.88 bits per heavy atom. The SMILES string of the molecule is CC(Cc1cccs1)NC(C)c1cnccn1. The molecule has 3 nitrogen and oxygen atoms in total. The summed E-state index contributed by atoms with van der Waals surface area (Å²) in [5, 5.41) is 5.66. The van der Waals surface area contributed by atoms with Gasteiger partial charge in [0.15, 0.2) is 0 Å². The lowest BCUT2D eigenvalue weighted by molar-refractivity contribution is 0.471. The van der Waals surface area contributed by atoms with Gasteiger partial charge >= 0.3 is 0 Å². The second-order valence-corrected chi connectivity index (χ2v) is 5.24. The van der Waals surface area contributed by atoms with Crippen LogP contribution in [-0.4, -0.2) is 16.0 Å². The van der Waals surface area contributed by atoms with Crippen molar-refractivity contribution >= 4 is 11.3 Å². The van der Waals surface area contributed by atoms with Gasteiger partial charge < -0.3 is 5.32 Å². The number of rotatable bonds is 5. The van der Waals surface area contributed by atoms with Crippen LogP contribution in [0.4, 0.5) is 0 Å². The molecule has 2 unspecified atom stereocenters. The highest BCUT2D eigenvalue weighted by molar-refractivity contribution is 7.09. The van der Waals surface area contributed by atoms with Crippen LogP contribution in [0, 0.1) is 0 Å². The lowest BCUT2D eigenvalue weighted by Crippen LogP contribution is -2.31. The topological polar surface area (TPSA) is 37.8 Å². The molecule has 90 valence electrons. The van der Waals surface area contributed by atoms with Crippen molar-refractivity contribution < 1.29 is 0 Å². The fraction of sp³-hybridized carbons (Fsp3) is 0.385. The van der Waals surface area contributed by atoms with E-state index < -0.39 is 0 Å². The quantitative estimate of drug-likeness (QED) is 0.883. The Labute approximate surface area is 106 Å². The second-order valence-electron chi connectivity index (χ2n) is 4.20. The molecule has 17 heavy (non-hydrogen) atoms. The van der Waals surface area contributed by atoms with Crippen LogP contribution >= 0.6 is 11.3 Å². The van der Waals surface area contributed by atoms with Crippen LogP contribution in [0.25, 0.3) is 0 Å². The molecule has 0 aromatic carbocycles. The van der Waals surface area contributed by atoms with Crippen molar-refractivity contribution in [1.29, 1.82) is 0 Å². The van der Waals surface area contributed by atoms with Crippen molar-refractivity contribution in [2.75, 3.05) is 0 Å². The maximum absolute atomic E-state index is 4.31. The monoisotopic (exact) mass is 247 g/mol. The third kappa shape index (κ3) is 3.61. The van der Waals surface area contributed by atoms with Gasteiger partial charge in [-0.3, -0.25) is 9.97 Å². The van der Waals surface area contributed by atoms with E-state index in [4.69, 9.17) is 0 Å². The average molecular weight is 247 g/mol. The molecule has 0 aliphatic carbocycles. The smallest absolute Gasteiger partial charge is 0.0753 e. The molecule has 1 N–H and O–H groups in total. The van der Waals surface area contributed by atoms with Crippen molar-refractivity contribution in [3.63, 3.8) is 0 Å². The summed E-state index contributed by atoms with van der Waals surface area (Å²) >= 11 is 1.81. The minimum Gasteiger partial charge on any atom is -0.306 e. The predicted octanol–water partition coefficient (Wildman–Crippen LogP) is 2.82. The molecule has 0 aliphatic heterocycles. The van der Waals surface area contributed by atoms with E-state index in [0.29, 0.717) is 6.04 Å². The summed E-state index contributed by atoms with van der Waals surface area (Å²) in [5.41, 5.74) is 0.991. The summed E-state index contributed by atoms with van der Waals surface area (Å²) in [6.45, 7) is 4.32. The fourth-order valence-corrected chi connectivity index (χ4v) is 2.67. The largest absolute Gasteiger partial charge is 0.306 e. The molecule has 0 amide bonds. The first kappa shape index (κ1) is 12.2. The van der Waals surface area contributed by atoms with Crippen molar-refractivity contribution in [3.8, 4) is 0 Å². The molecular formula is C13H17N3S. The summed E-state index contributed by atoms with van der Waals surface area (Å²) in [5.74, 6) is 0. The molecule has 4 heteroatoms. The first-order valence-corrected chi connectivity index (χ1v) is 6.68. The second kappa shape index (κ2) is 5.89. The van der Waals surface area contributed by atoms with Gasteiger partial charge in [0.25, 0.3) is 0 Å². The van der Waals surface area contributed by atoms with E-state index in [9.17, 15) is 0 Å². The van der Waals surface area contributed by atoms with E-state index in [1.165, 1.54) is 4.88 Å². The summed E-state index contributed by atoms with van der Waals surface area (Å²) in [7, 11) is 0. The Kier molecular flexibility index (Phi) is 4.23. The van der Waals surface area contributed by atoms with E-state index in [2.05, 4.69) is 46.6 Å². The highest BCUT2D eigenvalue weighted by Crippen LogP contribution is 2.13. The van der Waals surface area contributed by atoms with Crippen LogP contribution in [0.3, 0.4) is 0 Å². The Bertz CT molecular complexity index is 427. The van der Waals surface area contributed by atoms with Gasteiger partial charge in [-0.05, 0) is 31.7 Å². The Balaban J connectivity index is 1.88. The van der Waals surface area contributed by atoms with E-state index in [1.54, 1.807) is 23.7 Å². The molecule has 0 saturated heterocycles. The van der Waals surface area contributed by atoms with Crippen LogP contribution in [-0.2, 0) is 6.42 Å². The van der Waals surface area contributed by atoms with Gasteiger partial charge in [-0.1, -0.05) is 6.07 Å². The molecular weight excluding hydrogens is 230 g/mol. The van der Waals surface area contributed by atoms with E-state index >= 15 is 0 Å². The van der Waals surface area contributed by atoms with Crippen LogP contribution in [0.5, 0.6) is 0 Å². The Hall–Kier alpha value is -1.26. The van der Waals surface area contributed by atoms with Crippen LogP contribution < -0.4 is 5.32 Å². The normalized spacial score (nSPS) is 14.5. The Morgan fingerprint density at radius 1 is 1.35 bits per heavy atom. The predicted molar refractivity (Wildman–Crippen MR) is 71.1 cm³/mol. The summed E-state index contributed by atoms with van der Waals surface area (Å²) < 4.78 is 0. The van der Waals surface area contributed by atoms with E-state index in [0.717, 1.165) is 12.1 Å². The van der Waals surface area contributed by atoms with E-state index in [-0.39, 0.29) is 6.04 Å². The third-order valence-electron chi connectivity index (χ3n) is 2.65. The van der Waals surface area contributed by atoms with Gasteiger partial charge in [0.1, 0.15) is 0 Å². The zero-order valence-electron chi connectivity index (χ0n) is 10.1. The molecule has 2 heterocycles. The third-order valence-corrected chi connectivity index (χ3v) is 3.55. The molecule has 0 radical (unpaired) electrons. The molecule has 0 aliphatic rings. The zero-order chi connectivity index (χ0) is 12.1. The summed E-state index contributed by atoms with van der Waals surface area (Å²) in [4.78, 5) is 9.81. The number of hydrogen-bond donors (Lipinski definition) is 1. The minimum atomic E-state index is 0.235. The van der Waals surface area contributed by atoms with Gasteiger partial charge in [0.05, 0.1) is 5.69 Å². The highest BCUT2D eigenvalue weighted by atomic mass is 32.1. The van der Waals surface area contributed by atoms with Crippen molar-refractivity contribution in [2.45, 2.75) is 32.4 Å². The average Bonchev–Trinajstić information content (AvgIpc) is 2.82. The highest BCUT2D eigenvalue weighted by Gasteiger charge is 2.11. The maximum Gasteiger partial charge on any atom is 0.0753 e. The van der Waals surface area contributed by atoms with Gasteiger partial charge in [0.2, 0.25) is 0 Å². The molecule has 0 saturated carbocycles. The van der Waals surface area contributed by atoms with E-state index in [1.807, 2.05) is 6.20 Å².